The van der Waals surface area contributed by atoms with Crippen LogP contribution in [0.4, 0.5) is 4.79 Å². The molecule has 0 saturated carbocycles. The number of carbonyl (C=O) groups is 1. The van der Waals surface area contributed by atoms with E-state index >= 15 is 0 Å². The van der Waals surface area contributed by atoms with E-state index in [1.807, 2.05) is 26.0 Å². The van der Waals surface area contributed by atoms with Gasteiger partial charge in [-0.15, -0.1) is 0 Å². The monoisotopic (exact) mass is 233 g/mol. The molecular weight excluding hydrogens is 218 g/mol. The van der Waals surface area contributed by atoms with Crippen molar-refractivity contribution in [2.75, 3.05) is 13.3 Å². The van der Waals surface area contributed by atoms with E-state index < -0.39 is 0 Å². The van der Waals surface area contributed by atoms with Gasteiger partial charge in [0, 0.05) is 17.6 Å². The Morgan fingerprint density at radius 1 is 1.59 bits per heavy atom. The lowest BCUT2D eigenvalue weighted by atomic mass is 10.2. The van der Waals surface area contributed by atoms with Crippen molar-refractivity contribution in [3.63, 3.8) is 0 Å². The Labute approximate surface area is 99.4 Å². The summed E-state index contributed by atoms with van der Waals surface area (Å²) in [6.45, 7) is 4.68. The lowest BCUT2D eigenvalue weighted by Crippen LogP contribution is -2.40. The normalized spacial score (nSPS) is 13.7. The number of pyridine rings is 1. The van der Waals surface area contributed by atoms with E-state index in [9.17, 15) is 4.79 Å². The van der Waals surface area contributed by atoms with Crippen LogP contribution >= 0.6 is 0 Å². The molecule has 5 nitrogen and oxygen atoms in total. The molecule has 1 aromatic heterocycles. The maximum Gasteiger partial charge on any atom is 0.415 e. The number of aromatic nitrogens is 1. The van der Waals surface area contributed by atoms with E-state index in [0.717, 1.165) is 5.22 Å². The second-order valence-electron chi connectivity index (χ2n) is 4.29. The Balaban J connectivity index is 2.11. The summed E-state index contributed by atoms with van der Waals surface area (Å²) in [5.41, 5.74) is 0.667. The molecule has 1 aliphatic heterocycles. The molecule has 17 heavy (non-hydrogen) atoms. The number of hydrogen-bond acceptors (Lipinski definition) is 4. The second kappa shape index (κ2) is 4.95. The fourth-order valence-electron chi connectivity index (χ4n) is 1.43. The van der Waals surface area contributed by atoms with Crippen molar-refractivity contribution in [3.05, 3.63) is 29.0 Å². The Hall–Kier alpha value is -1.91. The van der Waals surface area contributed by atoms with E-state index in [0.29, 0.717) is 18.0 Å². The Morgan fingerprint density at radius 3 is 3.18 bits per heavy atom. The molecule has 0 N–H and O–H groups in total. The van der Waals surface area contributed by atoms with Crippen LogP contribution in [-0.4, -0.2) is 29.3 Å². The van der Waals surface area contributed by atoms with Gasteiger partial charge >= 0.3 is 6.09 Å². The standard InChI is InChI=1S/C12H15N3O2/c1-9(2)7-17-12(16)15-6-10-4-3-5-13-11(10)14-8-15/h3-6,9H,7-8H2,1-2H3. The topological polar surface area (TPSA) is 54.8 Å². The lowest BCUT2D eigenvalue weighted by molar-refractivity contribution is 0.109. The van der Waals surface area contributed by atoms with Gasteiger partial charge < -0.3 is 4.74 Å². The van der Waals surface area contributed by atoms with Crippen LogP contribution in [0.3, 0.4) is 0 Å². The molecule has 0 atom stereocenters. The molecule has 0 unspecified atom stereocenters. The number of ether oxygens (including phenoxy) is 1. The predicted molar refractivity (Wildman–Crippen MR) is 62.4 cm³/mol. The number of nitrogens with zero attached hydrogens (tertiary/aromatic N) is 3. The zero-order valence-electron chi connectivity index (χ0n) is 9.96. The molecule has 2 heterocycles. The second-order valence-corrected chi connectivity index (χ2v) is 4.29. The van der Waals surface area contributed by atoms with Crippen LogP contribution < -0.4 is 10.7 Å². The first-order valence-electron chi connectivity index (χ1n) is 5.57. The third-order valence-corrected chi connectivity index (χ3v) is 2.26. The lowest BCUT2D eigenvalue weighted by Gasteiger charge is -2.18. The van der Waals surface area contributed by atoms with Gasteiger partial charge in [-0.1, -0.05) is 13.8 Å². The van der Waals surface area contributed by atoms with Gasteiger partial charge in [-0.3, -0.25) is 4.90 Å². The van der Waals surface area contributed by atoms with Crippen LogP contribution in [0.15, 0.2) is 23.3 Å². The molecule has 0 spiro atoms. The Morgan fingerprint density at radius 2 is 2.41 bits per heavy atom. The van der Waals surface area contributed by atoms with E-state index in [2.05, 4.69) is 9.98 Å². The summed E-state index contributed by atoms with van der Waals surface area (Å²) < 4.78 is 5.13. The highest BCUT2D eigenvalue weighted by Gasteiger charge is 2.14. The maximum atomic E-state index is 11.7. The summed E-state index contributed by atoms with van der Waals surface area (Å²) in [6, 6.07) is 3.68. The van der Waals surface area contributed by atoms with Gasteiger partial charge in [0.05, 0.1) is 6.61 Å². The maximum absolute atomic E-state index is 11.7. The Kier molecular flexibility index (Phi) is 3.37. The van der Waals surface area contributed by atoms with Gasteiger partial charge in [0.25, 0.3) is 0 Å². The van der Waals surface area contributed by atoms with Gasteiger partial charge in [0.2, 0.25) is 0 Å². The molecule has 0 aromatic carbocycles. The highest BCUT2D eigenvalue weighted by Crippen LogP contribution is 2.00. The van der Waals surface area contributed by atoms with Gasteiger partial charge in [-0.25, -0.2) is 14.8 Å². The highest BCUT2D eigenvalue weighted by atomic mass is 16.6. The van der Waals surface area contributed by atoms with Crippen molar-refractivity contribution >= 4 is 12.3 Å². The van der Waals surface area contributed by atoms with Crippen molar-refractivity contribution in [2.24, 2.45) is 10.9 Å². The molecule has 90 valence electrons. The molecule has 0 fully saturated rings. The van der Waals surface area contributed by atoms with Gasteiger partial charge in [-0.05, 0) is 18.1 Å². The zero-order valence-corrected chi connectivity index (χ0v) is 9.96. The summed E-state index contributed by atoms with van der Waals surface area (Å²) >= 11 is 0. The predicted octanol–water partition coefficient (Wildman–Crippen LogP) is 0.505. The summed E-state index contributed by atoms with van der Waals surface area (Å²) in [4.78, 5) is 21.5. The van der Waals surface area contributed by atoms with E-state index in [1.165, 1.54) is 4.90 Å². The molecule has 0 aliphatic carbocycles. The largest absolute Gasteiger partial charge is 0.449 e. The number of amides is 1. The van der Waals surface area contributed by atoms with Crippen LogP contribution in [-0.2, 0) is 4.74 Å². The smallest absolute Gasteiger partial charge is 0.415 e. The third kappa shape index (κ3) is 2.81. The van der Waals surface area contributed by atoms with Crippen LogP contribution in [0.2, 0.25) is 0 Å². The fraction of sp³-hybridized carbons (Fsp3) is 0.417. The molecule has 1 aliphatic rings. The SMILES string of the molecule is CC(C)COC(=O)N1C=c2cccnc2=NC1. The summed E-state index contributed by atoms with van der Waals surface area (Å²) in [6.07, 6.45) is 3.04. The number of fused-ring (bicyclic) bond motifs is 1. The van der Waals surface area contributed by atoms with Gasteiger partial charge in [0.15, 0.2) is 5.49 Å². The molecule has 2 rings (SSSR count). The Bertz CT molecular complexity index is 525. The first-order chi connectivity index (χ1) is 8.16. The van der Waals surface area contributed by atoms with Crippen LogP contribution in [0.25, 0.3) is 6.20 Å². The molecule has 1 amide bonds. The first kappa shape index (κ1) is 11.6. The van der Waals surface area contributed by atoms with Crippen LogP contribution in [0, 0.1) is 5.92 Å². The van der Waals surface area contributed by atoms with Gasteiger partial charge in [0.1, 0.15) is 6.67 Å². The number of rotatable bonds is 2. The average molecular weight is 233 g/mol. The fourth-order valence-corrected chi connectivity index (χ4v) is 1.43. The third-order valence-electron chi connectivity index (χ3n) is 2.26. The quantitative estimate of drug-likeness (QED) is 0.747. The summed E-state index contributed by atoms with van der Waals surface area (Å²) in [5, 5.41) is 0.834. The minimum atomic E-state index is -0.364. The van der Waals surface area contributed by atoms with E-state index in [-0.39, 0.29) is 12.8 Å². The number of carbonyl (C=O) groups excluding carboxylic acids is 1. The van der Waals surface area contributed by atoms with Crippen molar-refractivity contribution in [1.29, 1.82) is 0 Å². The molecule has 1 aromatic rings. The molecule has 0 radical (unpaired) electrons. The van der Waals surface area contributed by atoms with Crippen molar-refractivity contribution in [2.45, 2.75) is 13.8 Å². The van der Waals surface area contributed by atoms with E-state index in [4.69, 9.17) is 4.74 Å². The molecule has 0 bridgehead atoms. The van der Waals surface area contributed by atoms with Crippen LogP contribution in [0.1, 0.15) is 13.8 Å². The average Bonchev–Trinajstić information content (AvgIpc) is 2.35. The minimum Gasteiger partial charge on any atom is -0.449 e. The molecule has 0 saturated heterocycles. The summed E-state index contributed by atoms with van der Waals surface area (Å²) in [5.74, 6) is 0.328. The van der Waals surface area contributed by atoms with Crippen LogP contribution in [0.5, 0.6) is 0 Å². The number of hydrogen-bond donors (Lipinski definition) is 0. The highest BCUT2D eigenvalue weighted by molar-refractivity contribution is 5.72. The summed E-state index contributed by atoms with van der Waals surface area (Å²) in [7, 11) is 0. The molecular formula is C12H15N3O2. The van der Waals surface area contributed by atoms with Crippen molar-refractivity contribution in [3.8, 4) is 0 Å². The van der Waals surface area contributed by atoms with E-state index in [1.54, 1.807) is 12.4 Å². The zero-order chi connectivity index (χ0) is 12.3. The minimum absolute atomic E-state index is 0.265. The van der Waals surface area contributed by atoms with Crippen molar-refractivity contribution < 1.29 is 9.53 Å². The van der Waals surface area contributed by atoms with Gasteiger partial charge in [-0.2, -0.15) is 0 Å². The first-order valence-corrected chi connectivity index (χ1v) is 5.57. The van der Waals surface area contributed by atoms with Crippen molar-refractivity contribution in [1.82, 2.24) is 9.88 Å². The molecule has 5 heteroatoms.